The van der Waals surface area contributed by atoms with E-state index in [-0.39, 0.29) is 18.1 Å². The molecular formula is C12H12INO4S. The third-order valence-electron chi connectivity index (χ3n) is 3.00. The van der Waals surface area contributed by atoms with E-state index >= 15 is 0 Å². The highest BCUT2D eigenvalue weighted by molar-refractivity contribution is 14.1. The van der Waals surface area contributed by atoms with Gasteiger partial charge in [0, 0.05) is 15.9 Å². The Labute approximate surface area is 125 Å². The lowest BCUT2D eigenvalue weighted by molar-refractivity contribution is 0.0664. The molecule has 0 bridgehead atoms. The monoisotopic (exact) mass is 393 g/mol. The molecule has 0 aromatic heterocycles. The van der Waals surface area contributed by atoms with Crippen LogP contribution in [0.5, 0.6) is 0 Å². The normalized spacial score (nSPS) is 14.9. The van der Waals surface area contributed by atoms with Crippen molar-refractivity contribution in [2.45, 2.75) is 6.92 Å². The Kier molecular flexibility index (Phi) is 3.95. The molecule has 0 fully saturated rings. The molecule has 1 heterocycles. The van der Waals surface area contributed by atoms with Crippen LogP contribution in [0.2, 0.25) is 0 Å². The Morgan fingerprint density at radius 2 is 1.79 bits per heavy atom. The number of hydrogen-bond donors (Lipinski definition) is 0. The minimum atomic E-state index is -3.20. The fourth-order valence-corrected chi connectivity index (χ4v) is 3.08. The number of rotatable bonds is 4. The van der Waals surface area contributed by atoms with E-state index in [1.165, 1.54) is 0 Å². The second-order valence-corrected chi connectivity index (χ2v) is 7.91. The van der Waals surface area contributed by atoms with Gasteiger partial charge in [-0.2, -0.15) is 0 Å². The highest BCUT2D eigenvalue weighted by atomic mass is 127. The van der Waals surface area contributed by atoms with Gasteiger partial charge in [-0.15, -0.1) is 0 Å². The van der Waals surface area contributed by atoms with E-state index in [1.807, 2.05) is 0 Å². The molecule has 1 aromatic rings. The molecule has 1 aliphatic heterocycles. The van der Waals surface area contributed by atoms with Crippen LogP contribution in [0, 0.1) is 3.57 Å². The van der Waals surface area contributed by atoms with Crippen molar-refractivity contribution in [2.24, 2.45) is 0 Å². The Balaban J connectivity index is 2.23. The van der Waals surface area contributed by atoms with Gasteiger partial charge in [-0.3, -0.25) is 14.5 Å². The summed E-state index contributed by atoms with van der Waals surface area (Å²) in [5, 5.41) is 0. The molecule has 2 rings (SSSR count). The summed E-state index contributed by atoms with van der Waals surface area (Å²) in [6.07, 6.45) is 0. The largest absolute Gasteiger partial charge is 0.273 e. The summed E-state index contributed by atoms with van der Waals surface area (Å²) in [7, 11) is -3.20. The van der Waals surface area contributed by atoms with Crippen LogP contribution in [-0.4, -0.2) is 43.2 Å². The van der Waals surface area contributed by atoms with E-state index in [0.717, 1.165) is 8.47 Å². The summed E-state index contributed by atoms with van der Waals surface area (Å²) >= 11 is 2.06. The van der Waals surface area contributed by atoms with Gasteiger partial charge in [-0.25, -0.2) is 8.42 Å². The highest BCUT2D eigenvalue weighted by Gasteiger charge is 2.35. The molecule has 0 spiro atoms. The second kappa shape index (κ2) is 5.20. The maximum absolute atomic E-state index is 12.1. The molecule has 7 heteroatoms. The molecule has 1 aromatic carbocycles. The first-order valence-corrected chi connectivity index (χ1v) is 8.62. The van der Waals surface area contributed by atoms with Gasteiger partial charge in [-0.1, -0.05) is 6.92 Å². The SMILES string of the molecule is CCS(=O)(=O)CCN1C(=O)c2ccc(I)cc2C1=O. The zero-order valence-electron chi connectivity index (χ0n) is 10.2. The maximum Gasteiger partial charge on any atom is 0.261 e. The number of halogens is 1. The highest BCUT2D eigenvalue weighted by Crippen LogP contribution is 2.24. The van der Waals surface area contributed by atoms with Crippen LogP contribution >= 0.6 is 22.6 Å². The summed E-state index contributed by atoms with van der Waals surface area (Å²) in [5.74, 6) is -1.01. The fraction of sp³-hybridized carbons (Fsp3) is 0.333. The number of carbonyl (C=O) groups excluding carboxylic acids is 2. The summed E-state index contributed by atoms with van der Waals surface area (Å²) in [5.41, 5.74) is 0.699. The smallest absolute Gasteiger partial charge is 0.261 e. The topological polar surface area (TPSA) is 71.5 Å². The van der Waals surface area contributed by atoms with E-state index < -0.39 is 21.7 Å². The van der Waals surface area contributed by atoms with E-state index in [4.69, 9.17) is 0 Å². The van der Waals surface area contributed by atoms with Crippen molar-refractivity contribution >= 4 is 44.2 Å². The van der Waals surface area contributed by atoms with E-state index in [1.54, 1.807) is 25.1 Å². The van der Waals surface area contributed by atoms with Crippen molar-refractivity contribution in [1.29, 1.82) is 0 Å². The Hall–Kier alpha value is -0.960. The van der Waals surface area contributed by atoms with Crippen LogP contribution < -0.4 is 0 Å². The molecule has 0 atom stereocenters. The van der Waals surface area contributed by atoms with Crippen LogP contribution in [-0.2, 0) is 9.84 Å². The van der Waals surface area contributed by atoms with Crippen LogP contribution in [0.25, 0.3) is 0 Å². The van der Waals surface area contributed by atoms with Gasteiger partial charge in [0.2, 0.25) is 0 Å². The third-order valence-corrected chi connectivity index (χ3v) is 5.35. The van der Waals surface area contributed by atoms with E-state index in [2.05, 4.69) is 22.6 Å². The van der Waals surface area contributed by atoms with Crippen molar-refractivity contribution in [3.05, 3.63) is 32.9 Å². The second-order valence-electron chi connectivity index (χ2n) is 4.19. The van der Waals surface area contributed by atoms with Crippen molar-refractivity contribution < 1.29 is 18.0 Å². The average molecular weight is 393 g/mol. The number of benzene rings is 1. The fourth-order valence-electron chi connectivity index (χ4n) is 1.84. The van der Waals surface area contributed by atoms with Crippen molar-refractivity contribution in [3.8, 4) is 0 Å². The molecule has 0 saturated carbocycles. The van der Waals surface area contributed by atoms with Gasteiger partial charge in [0.15, 0.2) is 9.84 Å². The number of hydrogen-bond acceptors (Lipinski definition) is 4. The molecule has 0 aliphatic carbocycles. The predicted molar refractivity (Wildman–Crippen MR) is 78.9 cm³/mol. The summed E-state index contributed by atoms with van der Waals surface area (Å²) in [4.78, 5) is 25.1. The quantitative estimate of drug-likeness (QED) is 0.572. The molecule has 0 unspecified atom stereocenters. The van der Waals surface area contributed by atoms with Crippen LogP contribution in [0.15, 0.2) is 18.2 Å². The van der Waals surface area contributed by atoms with Crippen LogP contribution in [0.1, 0.15) is 27.6 Å². The van der Waals surface area contributed by atoms with Crippen LogP contribution in [0.3, 0.4) is 0 Å². The van der Waals surface area contributed by atoms with Gasteiger partial charge in [-0.05, 0) is 40.8 Å². The standard InChI is InChI=1S/C12H12INO4S/c1-2-19(17,18)6-5-14-11(15)9-4-3-8(13)7-10(9)12(14)16/h3-4,7H,2,5-6H2,1H3. The summed E-state index contributed by atoms with van der Waals surface area (Å²) in [6.45, 7) is 1.46. The number of sulfone groups is 1. The Bertz CT molecular complexity index is 654. The number of fused-ring (bicyclic) bond motifs is 1. The first kappa shape index (κ1) is 14.4. The van der Waals surface area contributed by atoms with Crippen molar-refractivity contribution in [2.75, 3.05) is 18.1 Å². The zero-order valence-corrected chi connectivity index (χ0v) is 13.2. The molecule has 19 heavy (non-hydrogen) atoms. The van der Waals surface area contributed by atoms with Crippen molar-refractivity contribution in [1.82, 2.24) is 4.90 Å². The number of amides is 2. The number of nitrogens with zero attached hydrogens (tertiary/aromatic N) is 1. The maximum atomic E-state index is 12.1. The van der Waals surface area contributed by atoms with Crippen LogP contribution in [0.4, 0.5) is 0 Å². The Morgan fingerprint density at radius 1 is 1.16 bits per heavy atom. The molecular weight excluding hydrogens is 381 g/mol. The summed E-state index contributed by atoms with van der Waals surface area (Å²) < 4.78 is 23.8. The van der Waals surface area contributed by atoms with Gasteiger partial charge < -0.3 is 0 Å². The lowest BCUT2D eigenvalue weighted by Gasteiger charge is -2.13. The van der Waals surface area contributed by atoms with E-state index in [9.17, 15) is 18.0 Å². The molecule has 0 saturated heterocycles. The van der Waals surface area contributed by atoms with Gasteiger partial charge in [0.1, 0.15) is 0 Å². The van der Waals surface area contributed by atoms with Gasteiger partial charge in [0.25, 0.3) is 11.8 Å². The number of imide groups is 1. The summed E-state index contributed by atoms with van der Waals surface area (Å²) in [6, 6.07) is 4.99. The van der Waals surface area contributed by atoms with Gasteiger partial charge >= 0.3 is 0 Å². The van der Waals surface area contributed by atoms with E-state index in [0.29, 0.717) is 11.1 Å². The number of carbonyl (C=O) groups is 2. The average Bonchev–Trinajstić information content (AvgIpc) is 2.60. The molecule has 5 nitrogen and oxygen atoms in total. The third kappa shape index (κ3) is 2.81. The Morgan fingerprint density at radius 3 is 2.42 bits per heavy atom. The first-order valence-electron chi connectivity index (χ1n) is 5.72. The first-order chi connectivity index (χ1) is 8.85. The minimum absolute atomic E-state index is 0.00800. The molecule has 0 radical (unpaired) electrons. The van der Waals surface area contributed by atoms with Gasteiger partial charge in [0.05, 0.1) is 16.9 Å². The molecule has 0 N–H and O–H groups in total. The minimum Gasteiger partial charge on any atom is -0.273 e. The lowest BCUT2D eigenvalue weighted by Crippen LogP contribution is -2.34. The molecule has 1 aliphatic rings. The molecule has 102 valence electrons. The predicted octanol–water partition coefficient (Wildman–Crippen LogP) is 1.32. The zero-order chi connectivity index (χ0) is 14.2. The molecule has 2 amide bonds. The lowest BCUT2D eigenvalue weighted by atomic mass is 10.1. The van der Waals surface area contributed by atoms with Crippen molar-refractivity contribution in [3.63, 3.8) is 0 Å².